The van der Waals surface area contributed by atoms with Gasteiger partial charge in [-0.1, -0.05) is 6.92 Å². The zero-order chi connectivity index (χ0) is 14.5. The second-order valence-corrected chi connectivity index (χ2v) is 6.01. The Balaban J connectivity index is 1.83. The molecule has 1 aliphatic heterocycles. The van der Waals surface area contributed by atoms with Gasteiger partial charge in [0.1, 0.15) is 0 Å². The number of hydrogen-bond acceptors (Lipinski definition) is 4. The standard InChI is InChI=1S/C14H21N3O2S/c1-11(9-15)8-13(18)16-3-5-17(6-4-16)14(19)12-2-7-20-10-12/h2,7,10-11H,3-6,8-9,15H2,1H3. The van der Waals surface area contributed by atoms with Gasteiger partial charge in [0.25, 0.3) is 5.91 Å². The minimum absolute atomic E-state index is 0.0636. The Morgan fingerprint density at radius 2 is 1.95 bits per heavy atom. The summed E-state index contributed by atoms with van der Waals surface area (Å²) in [7, 11) is 0. The Morgan fingerprint density at radius 3 is 2.50 bits per heavy atom. The quantitative estimate of drug-likeness (QED) is 0.902. The zero-order valence-electron chi connectivity index (χ0n) is 11.7. The first-order valence-electron chi connectivity index (χ1n) is 6.91. The monoisotopic (exact) mass is 295 g/mol. The summed E-state index contributed by atoms with van der Waals surface area (Å²) in [6.45, 7) is 4.96. The minimum Gasteiger partial charge on any atom is -0.339 e. The van der Waals surface area contributed by atoms with Crippen LogP contribution in [0.15, 0.2) is 16.8 Å². The smallest absolute Gasteiger partial charge is 0.254 e. The molecule has 0 aliphatic carbocycles. The van der Waals surface area contributed by atoms with Crippen LogP contribution in [-0.2, 0) is 4.79 Å². The lowest BCUT2D eigenvalue weighted by Crippen LogP contribution is -2.50. The van der Waals surface area contributed by atoms with Crippen LogP contribution in [0.25, 0.3) is 0 Å². The molecule has 2 heterocycles. The third-order valence-corrected chi connectivity index (χ3v) is 4.30. The summed E-state index contributed by atoms with van der Waals surface area (Å²) in [6.07, 6.45) is 0.495. The molecule has 0 radical (unpaired) electrons. The molecule has 1 atom stereocenters. The third-order valence-electron chi connectivity index (χ3n) is 3.61. The van der Waals surface area contributed by atoms with Gasteiger partial charge in [0.2, 0.25) is 5.91 Å². The second-order valence-electron chi connectivity index (χ2n) is 5.23. The Hall–Kier alpha value is -1.40. The van der Waals surface area contributed by atoms with Gasteiger partial charge in [0.05, 0.1) is 5.56 Å². The Morgan fingerprint density at radius 1 is 1.30 bits per heavy atom. The lowest BCUT2D eigenvalue weighted by molar-refractivity contribution is -0.133. The summed E-state index contributed by atoms with van der Waals surface area (Å²) in [4.78, 5) is 27.9. The van der Waals surface area contributed by atoms with E-state index in [1.54, 1.807) is 0 Å². The van der Waals surface area contributed by atoms with Crippen LogP contribution >= 0.6 is 11.3 Å². The van der Waals surface area contributed by atoms with Crippen LogP contribution in [-0.4, -0.2) is 54.3 Å². The lowest BCUT2D eigenvalue weighted by atomic mass is 10.1. The van der Waals surface area contributed by atoms with E-state index in [2.05, 4.69) is 0 Å². The summed E-state index contributed by atoms with van der Waals surface area (Å²) in [6, 6.07) is 1.84. The van der Waals surface area contributed by atoms with Crippen molar-refractivity contribution in [2.45, 2.75) is 13.3 Å². The molecule has 5 nitrogen and oxygen atoms in total. The van der Waals surface area contributed by atoms with Crippen molar-refractivity contribution in [1.82, 2.24) is 9.80 Å². The molecule has 2 rings (SSSR count). The van der Waals surface area contributed by atoms with Gasteiger partial charge in [-0.2, -0.15) is 11.3 Å². The molecule has 2 amide bonds. The molecule has 20 heavy (non-hydrogen) atoms. The van der Waals surface area contributed by atoms with Crippen LogP contribution in [0.4, 0.5) is 0 Å². The number of carbonyl (C=O) groups is 2. The van der Waals surface area contributed by atoms with E-state index in [0.29, 0.717) is 39.1 Å². The van der Waals surface area contributed by atoms with Crippen LogP contribution in [0.5, 0.6) is 0 Å². The number of piperazine rings is 1. The van der Waals surface area contributed by atoms with Crippen molar-refractivity contribution in [3.63, 3.8) is 0 Å². The summed E-state index contributed by atoms with van der Waals surface area (Å²) < 4.78 is 0. The Labute approximate surface area is 123 Å². The van der Waals surface area contributed by atoms with E-state index in [1.807, 2.05) is 33.6 Å². The second kappa shape index (κ2) is 6.85. The van der Waals surface area contributed by atoms with Crippen LogP contribution < -0.4 is 5.73 Å². The summed E-state index contributed by atoms with van der Waals surface area (Å²) in [5, 5.41) is 3.77. The van der Waals surface area contributed by atoms with E-state index < -0.39 is 0 Å². The highest BCUT2D eigenvalue weighted by Gasteiger charge is 2.25. The highest BCUT2D eigenvalue weighted by atomic mass is 32.1. The maximum absolute atomic E-state index is 12.2. The van der Waals surface area contributed by atoms with Crippen molar-refractivity contribution >= 4 is 23.2 Å². The predicted molar refractivity (Wildman–Crippen MR) is 79.6 cm³/mol. The predicted octanol–water partition coefficient (Wildman–Crippen LogP) is 1.02. The molecule has 2 N–H and O–H groups in total. The molecule has 0 spiro atoms. The third kappa shape index (κ3) is 3.58. The minimum atomic E-state index is 0.0636. The van der Waals surface area contributed by atoms with Crippen molar-refractivity contribution in [2.75, 3.05) is 32.7 Å². The molecule has 0 aromatic carbocycles. The first-order chi connectivity index (χ1) is 9.61. The molecule has 0 bridgehead atoms. The van der Waals surface area contributed by atoms with Gasteiger partial charge in [-0.15, -0.1) is 0 Å². The fraction of sp³-hybridized carbons (Fsp3) is 0.571. The molecular formula is C14H21N3O2S. The molecule has 1 saturated heterocycles. The molecular weight excluding hydrogens is 274 g/mol. The molecule has 6 heteroatoms. The summed E-state index contributed by atoms with van der Waals surface area (Å²) >= 11 is 1.52. The lowest BCUT2D eigenvalue weighted by Gasteiger charge is -2.35. The van der Waals surface area contributed by atoms with E-state index in [9.17, 15) is 9.59 Å². The molecule has 1 fully saturated rings. The van der Waals surface area contributed by atoms with Gasteiger partial charge in [-0.25, -0.2) is 0 Å². The highest BCUT2D eigenvalue weighted by molar-refractivity contribution is 7.08. The van der Waals surface area contributed by atoms with Gasteiger partial charge < -0.3 is 15.5 Å². The van der Waals surface area contributed by atoms with Crippen molar-refractivity contribution in [1.29, 1.82) is 0 Å². The number of hydrogen-bond donors (Lipinski definition) is 1. The van der Waals surface area contributed by atoms with E-state index in [0.717, 1.165) is 5.56 Å². The van der Waals surface area contributed by atoms with E-state index in [-0.39, 0.29) is 17.7 Å². The van der Waals surface area contributed by atoms with Gasteiger partial charge in [-0.05, 0) is 23.9 Å². The molecule has 110 valence electrons. The molecule has 1 aliphatic rings. The van der Waals surface area contributed by atoms with E-state index in [4.69, 9.17) is 5.73 Å². The van der Waals surface area contributed by atoms with Crippen LogP contribution in [0.3, 0.4) is 0 Å². The number of carbonyl (C=O) groups excluding carboxylic acids is 2. The molecule has 1 aromatic rings. The van der Waals surface area contributed by atoms with Crippen LogP contribution in [0.2, 0.25) is 0 Å². The number of nitrogens with zero attached hydrogens (tertiary/aromatic N) is 2. The number of nitrogens with two attached hydrogens (primary N) is 1. The maximum atomic E-state index is 12.2. The highest BCUT2D eigenvalue weighted by Crippen LogP contribution is 2.13. The number of thiophene rings is 1. The normalized spacial score (nSPS) is 17.1. The van der Waals surface area contributed by atoms with E-state index in [1.165, 1.54) is 11.3 Å². The average molecular weight is 295 g/mol. The van der Waals surface area contributed by atoms with Crippen LogP contribution in [0.1, 0.15) is 23.7 Å². The Kier molecular flexibility index (Phi) is 5.14. The van der Waals surface area contributed by atoms with Gasteiger partial charge >= 0.3 is 0 Å². The van der Waals surface area contributed by atoms with Gasteiger partial charge in [-0.3, -0.25) is 9.59 Å². The first kappa shape index (κ1) is 15.0. The fourth-order valence-corrected chi connectivity index (χ4v) is 2.87. The average Bonchev–Trinajstić information content (AvgIpc) is 3.00. The van der Waals surface area contributed by atoms with Crippen molar-refractivity contribution in [2.24, 2.45) is 11.7 Å². The van der Waals surface area contributed by atoms with E-state index >= 15 is 0 Å². The van der Waals surface area contributed by atoms with Gasteiger partial charge in [0.15, 0.2) is 0 Å². The SMILES string of the molecule is CC(CN)CC(=O)N1CCN(C(=O)c2ccsc2)CC1. The number of rotatable bonds is 4. The molecule has 0 saturated carbocycles. The van der Waals surface area contributed by atoms with Crippen molar-refractivity contribution in [3.8, 4) is 0 Å². The maximum Gasteiger partial charge on any atom is 0.254 e. The Bertz CT molecular complexity index is 453. The van der Waals surface area contributed by atoms with Crippen molar-refractivity contribution < 1.29 is 9.59 Å². The zero-order valence-corrected chi connectivity index (χ0v) is 12.6. The largest absolute Gasteiger partial charge is 0.339 e. The van der Waals surface area contributed by atoms with Crippen molar-refractivity contribution in [3.05, 3.63) is 22.4 Å². The summed E-state index contributed by atoms with van der Waals surface area (Å²) in [5.74, 6) is 0.423. The molecule has 1 aromatic heterocycles. The van der Waals surface area contributed by atoms with Gasteiger partial charge in [0, 0.05) is 38.0 Å². The fourth-order valence-electron chi connectivity index (χ4n) is 2.24. The van der Waals surface area contributed by atoms with Crippen LogP contribution in [0, 0.1) is 5.92 Å². The first-order valence-corrected chi connectivity index (χ1v) is 7.85. The number of amides is 2. The molecule has 1 unspecified atom stereocenters. The topological polar surface area (TPSA) is 66.6 Å². The summed E-state index contributed by atoms with van der Waals surface area (Å²) in [5.41, 5.74) is 6.29.